The lowest BCUT2D eigenvalue weighted by Crippen LogP contribution is -2.33. The Labute approximate surface area is 96.3 Å². The molecule has 0 radical (unpaired) electrons. The summed E-state index contributed by atoms with van der Waals surface area (Å²) in [5.41, 5.74) is -0.561. The molecule has 1 aromatic rings. The molecule has 0 aromatic heterocycles. The number of benzene rings is 1. The van der Waals surface area contributed by atoms with E-state index >= 15 is 0 Å². The second-order valence-corrected chi connectivity index (χ2v) is 3.61. The second kappa shape index (κ2) is 5.67. The van der Waals surface area contributed by atoms with Gasteiger partial charge in [-0.05, 0) is 25.5 Å². The average Bonchev–Trinajstić information content (AvgIpc) is 2.26. The van der Waals surface area contributed by atoms with E-state index in [1.165, 1.54) is 0 Å². The van der Waals surface area contributed by atoms with E-state index in [0.29, 0.717) is 6.07 Å². The maximum Gasteiger partial charge on any atom is 0.254 e. The van der Waals surface area contributed by atoms with Crippen LogP contribution in [0.5, 0.6) is 0 Å². The minimum atomic E-state index is -1.67. The minimum Gasteiger partial charge on any atom is -0.396 e. The summed E-state index contributed by atoms with van der Waals surface area (Å²) in [6.45, 7) is 1.47. The van der Waals surface area contributed by atoms with E-state index in [9.17, 15) is 18.0 Å². The maximum absolute atomic E-state index is 13.2. The molecule has 1 aromatic carbocycles. The van der Waals surface area contributed by atoms with Crippen molar-refractivity contribution in [2.75, 3.05) is 6.61 Å². The fraction of sp³-hybridized carbons (Fsp3) is 0.364. The smallest absolute Gasteiger partial charge is 0.254 e. The molecule has 0 aliphatic heterocycles. The molecule has 0 fully saturated rings. The van der Waals surface area contributed by atoms with E-state index in [1.807, 2.05) is 0 Å². The highest BCUT2D eigenvalue weighted by molar-refractivity contribution is 5.94. The van der Waals surface area contributed by atoms with Crippen molar-refractivity contribution < 1.29 is 23.1 Å². The van der Waals surface area contributed by atoms with Crippen molar-refractivity contribution in [3.05, 3.63) is 35.1 Å². The van der Waals surface area contributed by atoms with Gasteiger partial charge in [0.1, 0.15) is 0 Å². The average molecular weight is 247 g/mol. The van der Waals surface area contributed by atoms with Gasteiger partial charge in [0.25, 0.3) is 5.91 Å². The molecule has 3 nitrogen and oxygen atoms in total. The van der Waals surface area contributed by atoms with Crippen LogP contribution in [0.1, 0.15) is 23.7 Å². The summed E-state index contributed by atoms with van der Waals surface area (Å²) in [5.74, 6) is -5.38. The van der Waals surface area contributed by atoms with Crippen LogP contribution in [-0.4, -0.2) is 23.7 Å². The lowest BCUT2D eigenvalue weighted by atomic mass is 10.1. The molecule has 0 spiro atoms. The summed E-state index contributed by atoms with van der Waals surface area (Å²) in [7, 11) is 0. The Morgan fingerprint density at radius 1 is 1.35 bits per heavy atom. The largest absolute Gasteiger partial charge is 0.396 e. The standard InChI is InChI=1S/C11H12F3NO2/c1-6(4-5-16)15-11(17)7-2-3-8(12)10(14)9(7)13/h2-3,6,16H,4-5H2,1H3,(H,15,17). The van der Waals surface area contributed by atoms with Gasteiger partial charge in [0, 0.05) is 12.6 Å². The van der Waals surface area contributed by atoms with Gasteiger partial charge < -0.3 is 10.4 Å². The molecule has 0 heterocycles. The summed E-state index contributed by atoms with van der Waals surface area (Å²) in [6, 6.07) is 1.17. The first-order valence-electron chi connectivity index (χ1n) is 5.02. The topological polar surface area (TPSA) is 49.3 Å². The molecule has 94 valence electrons. The molecule has 1 unspecified atom stereocenters. The Morgan fingerprint density at radius 2 is 2.00 bits per heavy atom. The van der Waals surface area contributed by atoms with Crippen LogP contribution in [0.25, 0.3) is 0 Å². The van der Waals surface area contributed by atoms with Gasteiger partial charge in [-0.15, -0.1) is 0 Å². The van der Waals surface area contributed by atoms with E-state index in [4.69, 9.17) is 5.11 Å². The number of aliphatic hydroxyl groups excluding tert-OH is 1. The van der Waals surface area contributed by atoms with E-state index in [2.05, 4.69) is 5.32 Å². The van der Waals surface area contributed by atoms with Gasteiger partial charge in [0.05, 0.1) is 5.56 Å². The van der Waals surface area contributed by atoms with Crippen molar-refractivity contribution in [3.63, 3.8) is 0 Å². The number of carbonyl (C=O) groups is 1. The first-order chi connectivity index (χ1) is 7.97. The zero-order chi connectivity index (χ0) is 13.0. The summed E-state index contributed by atoms with van der Waals surface area (Å²) in [5, 5.41) is 11.0. The Kier molecular flexibility index (Phi) is 4.51. The van der Waals surface area contributed by atoms with Crippen molar-refractivity contribution in [1.82, 2.24) is 5.32 Å². The van der Waals surface area contributed by atoms with Gasteiger partial charge in [-0.2, -0.15) is 0 Å². The summed E-state index contributed by atoms with van der Waals surface area (Å²) >= 11 is 0. The fourth-order valence-corrected chi connectivity index (χ4v) is 1.27. The lowest BCUT2D eigenvalue weighted by Gasteiger charge is -2.12. The molecular weight excluding hydrogens is 235 g/mol. The van der Waals surface area contributed by atoms with Crippen molar-refractivity contribution in [3.8, 4) is 0 Å². The first kappa shape index (κ1) is 13.5. The predicted octanol–water partition coefficient (Wildman–Crippen LogP) is 1.60. The molecule has 0 bridgehead atoms. The molecule has 6 heteroatoms. The third kappa shape index (κ3) is 3.20. The normalized spacial score (nSPS) is 12.3. The zero-order valence-electron chi connectivity index (χ0n) is 9.14. The Balaban J connectivity index is 2.86. The van der Waals surface area contributed by atoms with Crippen LogP contribution >= 0.6 is 0 Å². The van der Waals surface area contributed by atoms with E-state index in [-0.39, 0.29) is 19.1 Å². The number of rotatable bonds is 4. The highest BCUT2D eigenvalue weighted by Crippen LogP contribution is 2.15. The van der Waals surface area contributed by atoms with Crippen LogP contribution in [0.4, 0.5) is 13.2 Å². The summed E-state index contributed by atoms with van der Waals surface area (Å²) < 4.78 is 38.7. The van der Waals surface area contributed by atoms with Gasteiger partial charge in [-0.1, -0.05) is 0 Å². The van der Waals surface area contributed by atoms with Gasteiger partial charge in [-0.25, -0.2) is 13.2 Å². The molecular formula is C11H12F3NO2. The number of nitrogens with one attached hydrogen (secondary N) is 1. The van der Waals surface area contributed by atoms with Crippen LogP contribution < -0.4 is 5.32 Å². The van der Waals surface area contributed by atoms with Gasteiger partial charge >= 0.3 is 0 Å². The number of hydrogen-bond acceptors (Lipinski definition) is 2. The van der Waals surface area contributed by atoms with Crippen molar-refractivity contribution in [2.45, 2.75) is 19.4 Å². The highest BCUT2D eigenvalue weighted by Gasteiger charge is 2.19. The number of hydrogen-bond donors (Lipinski definition) is 2. The molecule has 0 aliphatic carbocycles. The monoisotopic (exact) mass is 247 g/mol. The Morgan fingerprint density at radius 3 is 2.59 bits per heavy atom. The van der Waals surface area contributed by atoms with Crippen LogP contribution in [0.15, 0.2) is 12.1 Å². The quantitative estimate of drug-likeness (QED) is 0.794. The Bertz CT molecular complexity index is 423. The SMILES string of the molecule is CC(CCO)NC(=O)c1ccc(F)c(F)c1F. The highest BCUT2D eigenvalue weighted by atomic mass is 19.2. The number of aliphatic hydroxyl groups is 1. The molecule has 0 saturated carbocycles. The van der Waals surface area contributed by atoms with Crippen molar-refractivity contribution in [1.29, 1.82) is 0 Å². The maximum atomic E-state index is 13.2. The minimum absolute atomic E-state index is 0.137. The van der Waals surface area contributed by atoms with Crippen molar-refractivity contribution >= 4 is 5.91 Å². The van der Waals surface area contributed by atoms with E-state index in [1.54, 1.807) is 6.92 Å². The molecule has 0 saturated heterocycles. The third-order valence-electron chi connectivity index (χ3n) is 2.22. The fourth-order valence-electron chi connectivity index (χ4n) is 1.27. The number of amides is 1. The number of halogens is 3. The van der Waals surface area contributed by atoms with Gasteiger partial charge in [-0.3, -0.25) is 4.79 Å². The van der Waals surface area contributed by atoms with Gasteiger partial charge in [0.2, 0.25) is 0 Å². The molecule has 1 amide bonds. The lowest BCUT2D eigenvalue weighted by molar-refractivity contribution is 0.0929. The molecule has 0 aliphatic rings. The molecule has 1 rings (SSSR count). The van der Waals surface area contributed by atoms with Crippen LogP contribution in [0.3, 0.4) is 0 Å². The predicted molar refractivity (Wildman–Crippen MR) is 54.9 cm³/mol. The van der Waals surface area contributed by atoms with Gasteiger partial charge in [0.15, 0.2) is 17.5 Å². The number of carbonyl (C=O) groups excluding carboxylic acids is 1. The molecule has 17 heavy (non-hydrogen) atoms. The van der Waals surface area contributed by atoms with E-state index < -0.39 is 28.9 Å². The van der Waals surface area contributed by atoms with Crippen molar-refractivity contribution in [2.24, 2.45) is 0 Å². The van der Waals surface area contributed by atoms with Crippen LogP contribution in [0.2, 0.25) is 0 Å². The molecule has 2 N–H and O–H groups in total. The first-order valence-corrected chi connectivity index (χ1v) is 5.02. The summed E-state index contributed by atoms with van der Waals surface area (Å²) in [6.07, 6.45) is 0.289. The molecule has 1 atom stereocenters. The van der Waals surface area contributed by atoms with Crippen LogP contribution in [0, 0.1) is 17.5 Å². The second-order valence-electron chi connectivity index (χ2n) is 3.61. The zero-order valence-corrected chi connectivity index (χ0v) is 9.14. The Hall–Kier alpha value is -1.56. The summed E-state index contributed by atoms with van der Waals surface area (Å²) in [4.78, 5) is 11.5. The third-order valence-corrected chi connectivity index (χ3v) is 2.22. The van der Waals surface area contributed by atoms with E-state index in [0.717, 1.165) is 6.07 Å². The van der Waals surface area contributed by atoms with Crippen LogP contribution in [-0.2, 0) is 0 Å².